The van der Waals surface area contributed by atoms with Crippen LogP contribution in [0.2, 0.25) is 5.02 Å². The molecule has 3 atom stereocenters. The Morgan fingerprint density at radius 2 is 1.51 bits per heavy atom. The van der Waals surface area contributed by atoms with Gasteiger partial charge in [0.1, 0.15) is 29.4 Å². The number of rotatable bonds is 25. The van der Waals surface area contributed by atoms with Crippen LogP contribution in [0.25, 0.3) is 0 Å². The van der Waals surface area contributed by atoms with Gasteiger partial charge in [0, 0.05) is 30.8 Å². The summed E-state index contributed by atoms with van der Waals surface area (Å²) in [6, 6.07) is 39.1. The predicted octanol–water partition coefficient (Wildman–Crippen LogP) is 11.7. The van der Waals surface area contributed by atoms with Gasteiger partial charge < -0.3 is 38.2 Å². The Bertz CT molecular complexity index is 2460. The molecule has 0 bridgehead atoms. The normalized spacial score (nSPS) is 15.4. The minimum Gasteiger partial charge on any atom is -0.497 e. The number of hydrogen-bond acceptors (Lipinski definition) is 14. The third kappa shape index (κ3) is 14.1. The van der Waals surface area contributed by atoms with Crippen LogP contribution >= 0.6 is 20.1 Å². The Hall–Kier alpha value is -6.02. The lowest BCUT2D eigenvalue weighted by Gasteiger charge is -2.37. The maximum Gasteiger partial charge on any atom is 0.410 e. The molecule has 370 valence electrons. The van der Waals surface area contributed by atoms with Crippen molar-refractivity contribution in [3.8, 4) is 17.6 Å². The lowest BCUT2D eigenvalue weighted by Crippen LogP contribution is -2.43. The van der Waals surface area contributed by atoms with Crippen molar-refractivity contribution in [1.82, 2.24) is 14.9 Å². The quantitative estimate of drug-likeness (QED) is 0.0146. The lowest BCUT2D eigenvalue weighted by molar-refractivity contribution is -0.384. The van der Waals surface area contributed by atoms with E-state index >= 15 is 0 Å². The molecular formula is C52H61ClN7O9P. The third-order valence-corrected chi connectivity index (χ3v) is 14.1. The largest absolute Gasteiger partial charge is 0.497 e. The molecule has 5 aromatic carbocycles. The molecule has 0 aliphatic carbocycles. The number of amides is 1. The average molecular weight is 995 g/mol. The Morgan fingerprint density at radius 1 is 0.886 bits per heavy atom. The van der Waals surface area contributed by atoms with E-state index in [9.17, 15) is 20.2 Å². The summed E-state index contributed by atoms with van der Waals surface area (Å²) in [6.45, 7) is 10.1. The predicted molar refractivity (Wildman–Crippen MR) is 270 cm³/mol. The van der Waals surface area contributed by atoms with E-state index < -0.39 is 37.3 Å². The molecule has 70 heavy (non-hydrogen) atoms. The van der Waals surface area contributed by atoms with Crippen molar-refractivity contribution in [3.05, 3.63) is 159 Å². The maximum absolute atomic E-state index is 14.2. The zero-order chi connectivity index (χ0) is 50.0. The summed E-state index contributed by atoms with van der Waals surface area (Å²) in [5, 5.41) is 32.2. The van der Waals surface area contributed by atoms with E-state index in [4.69, 9.17) is 39.6 Å². The topological polar surface area (TPSA) is 183 Å². The first-order valence-electron chi connectivity index (χ1n) is 23.2. The number of non-ortho nitro benzene ring substituents is 1. The number of ether oxygens (including phenoxy) is 4. The van der Waals surface area contributed by atoms with E-state index in [1.54, 1.807) is 19.1 Å². The van der Waals surface area contributed by atoms with Gasteiger partial charge in [0.25, 0.3) is 14.2 Å². The van der Waals surface area contributed by atoms with Gasteiger partial charge in [0.2, 0.25) is 0 Å². The molecule has 1 aliphatic heterocycles. The second-order valence-corrected chi connectivity index (χ2v) is 18.8. The highest BCUT2D eigenvalue weighted by molar-refractivity contribution is 7.44. The number of benzene rings is 5. The van der Waals surface area contributed by atoms with Crippen molar-refractivity contribution in [3.63, 3.8) is 0 Å². The van der Waals surface area contributed by atoms with Crippen LogP contribution in [0.4, 0.5) is 21.9 Å². The number of carbonyl (C=O) groups is 1. The van der Waals surface area contributed by atoms with Crippen molar-refractivity contribution < 1.29 is 37.7 Å². The van der Waals surface area contributed by atoms with Gasteiger partial charge in [0.15, 0.2) is 0 Å². The molecule has 6 rings (SSSR count). The molecule has 1 amide bonds. The Balaban J connectivity index is 1.17. The molecule has 1 saturated heterocycles. The van der Waals surface area contributed by atoms with Crippen LogP contribution < -0.4 is 14.8 Å². The van der Waals surface area contributed by atoms with Crippen molar-refractivity contribution >= 4 is 43.3 Å². The van der Waals surface area contributed by atoms with Gasteiger partial charge in [0.05, 0.1) is 74.2 Å². The van der Waals surface area contributed by atoms with Gasteiger partial charge in [-0.05, 0) is 112 Å². The number of nitriles is 1. The molecule has 0 radical (unpaired) electrons. The molecule has 16 nitrogen and oxygen atoms in total. The van der Waals surface area contributed by atoms with Crippen molar-refractivity contribution in [2.75, 3.05) is 53.7 Å². The van der Waals surface area contributed by atoms with E-state index in [0.29, 0.717) is 48.8 Å². The van der Waals surface area contributed by atoms with Crippen LogP contribution in [0.3, 0.4) is 0 Å². The number of azo groups is 1. The van der Waals surface area contributed by atoms with Gasteiger partial charge >= 0.3 is 6.09 Å². The average Bonchev–Trinajstić information content (AvgIpc) is 3.78. The highest BCUT2D eigenvalue weighted by Gasteiger charge is 2.44. The maximum atomic E-state index is 14.2. The van der Waals surface area contributed by atoms with Crippen LogP contribution in [-0.4, -0.2) is 98.5 Å². The first kappa shape index (κ1) is 53.3. The van der Waals surface area contributed by atoms with Crippen molar-refractivity contribution in [1.29, 1.82) is 5.26 Å². The van der Waals surface area contributed by atoms with E-state index in [1.807, 2.05) is 103 Å². The standard InChI is InChI=1S/C52H61ClN7O9P/c1-37(2)59(38(3)4)70(68-31-10-28-54)69-48-33-45(36-67-52(40-11-8-7-9-12-40,41-15-22-46(64-5)23-16-41)42-17-24-47(65-6)25-18-42)58(35-48)51(61)66-32-30-55-29-27-39-13-19-43(20-14-39)56-57-50-26-21-44(60(62)63)34-49(50)53/h7-9,11-26,34,37-38,45,48,55H,10,27,29-33,35-36H2,1-6H3/t45-,48+,70?/m0/s1. The molecule has 1 N–H and O–H groups in total. The molecule has 1 fully saturated rings. The van der Waals surface area contributed by atoms with E-state index in [2.05, 4.69) is 54.0 Å². The minimum atomic E-state index is -1.59. The number of likely N-dealkylation sites (tertiary alicyclic amines) is 1. The Labute approximate surface area is 416 Å². The SMILES string of the molecule is COc1ccc(C(OC[C@@H]2C[C@@H](OP(OCCC#N)N(C(C)C)C(C)C)CN2C(=O)OCCNCCc2ccc(N=Nc3ccc([N+](=O)[O-])cc3Cl)cc2)(c2ccccc2)c2ccc(OC)cc2)cc1. The summed E-state index contributed by atoms with van der Waals surface area (Å²) in [4.78, 5) is 26.4. The third-order valence-electron chi connectivity index (χ3n) is 11.6. The summed E-state index contributed by atoms with van der Waals surface area (Å²) in [7, 11) is 1.67. The van der Waals surface area contributed by atoms with Crippen LogP contribution in [-0.2, 0) is 30.5 Å². The number of nitrogens with one attached hydrogen (secondary N) is 1. The molecule has 1 unspecified atom stereocenters. The first-order valence-corrected chi connectivity index (χ1v) is 24.7. The van der Waals surface area contributed by atoms with E-state index in [1.165, 1.54) is 18.2 Å². The van der Waals surface area contributed by atoms with Crippen LogP contribution in [0.5, 0.6) is 11.5 Å². The smallest absolute Gasteiger partial charge is 0.410 e. The molecule has 1 heterocycles. The van der Waals surface area contributed by atoms with Crippen molar-refractivity contribution in [2.45, 2.75) is 76.8 Å². The second-order valence-electron chi connectivity index (χ2n) is 17.0. The number of carbonyl (C=O) groups excluding carboxylic acids is 1. The Kier molecular flexibility index (Phi) is 20.0. The number of nitro benzene ring substituents is 1. The molecular weight excluding hydrogens is 933 g/mol. The summed E-state index contributed by atoms with van der Waals surface area (Å²) in [5.74, 6) is 1.40. The van der Waals surface area contributed by atoms with Gasteiger partial charge in [-0.15, -0.1) is 5.11 Å². The fourth-order valence-corrected chi connectivity index (χ4v) is 10.2. The minimum absolute atomic E-state index is 0.0926. The second kappa shape index (κ2) is 26.3. The van der Waals surface area contributed by atoms with Crippen LogP contribution in [0, 0.1) is 21.4 Å². The first-order chi connectivity index (χ1) is 33.9. The number of nitrogens with zero attached hydrogens (tertiary/aromatic N) is 6. The van der Waals surface area contributed by atoms with Gasteiger partial charge in [-0.3, -0.25) is 10.1 Å². The fraction of sp³-hybridized carbons (Fsp3) is 0.385. The fourth-order valence-electron chi connectivity index (χ4n) is 8.23. The monoisotopic (exact) mass is 993 g/mol. The van der Waals surface area contributed by atoms with Crippen molar-refractivity contribution in [2.24, 2.45) is 10.2 Å². The molecule has 5 aromatic rings. The van der Waals surface area contributed by atoms with Gasteiger partial charge in [-0.1, -0.05) is 78.3 Å². The zero-order valence-electron chi connectivity index (χ0n) is 40.4. The van der Waals surface area contributed by atoms with Gasteiger partial charge in [-0.25, -0.2) is 9.46 Å². The molecule has 0 saturated carbocycles. The highest BCUT2D eigenvalue weighted by Crippen LogP contribution is 2.49. The number of hydrogen-bond donors (Lipinski definition) is 1. The Morgan fingerprint density at radius 3 is 2.09 bits per heavy atom. The zero-order valence-corrected chi connectivity index (χ0v) is 42.1. The highest BCUT2D eigenvalue weighted by atomic mass is 35.5. The van der Waals surface area contributed by atoms with E-state index in [-0.39, 0.29) is 55.6 Å². The molecule has 0 aromatic heterocycles. The summed E-state index contributed by atoms with van der Waals surface area (Å²) >= 11 is 6.16. The van der Waals surface area contributed by atoms with Gasteiger partial charge in [-0.2, -0.15) is 10.4 Å². The summed E-state index contributed by atoms with van der Waals surface area (Å²) in [5.41, 5.74) is 3.36. The number of methoxy groups -OCH3 is 2. The lowest BCUT2D eigenvalue weighted by atomic mass is 9.80. The summed E-state index contributed by atoms with van der Waals surface area (Å²) in [6.07, 6.45) is 0.465. The molecule has 0 spiro atoms. The summed E-state index contributed by atoms with van der Waals surface area (Å²) < 4.78 is 39.6. The number of nitro groups is 1. The van der Waals surface area contributed by atoms with E-state index in [0.717, 1.165) is 22.3 Å². The molecule has 18 heteroatoms. The van der Waals surface area contributed by atoms with Crippen LogP contribution in [0.1, 0.15) is 62.8 Å². The molecule has 1 aliphatic rings. The van der Waals surface area contributed by atoms with Crippen LogP contribution in [0.15, 0.2) is 132 Å². The number of halogens is 1.